The molecule has 1 aromatic rings. The van der Waals surface area contributed by atoms with E-state index in [1.807, 2.05) is 0 Å². The molecule has 0 radical (unpaired) electrons. The van der Waals surface area contributed by atoms with Crippen molar-refractivity contribution in [1.82, 2.24) is 10.4 Å². The Morgan fingerprint density at radius 3 is 2.32 bits per heavy atom. The molecule has 2 rings (SSSR count). The van der Waals surface area contributed by atoms with E-state index in [2.05, 4.69) is 5.32 Å². The molecular formula is C12H12N2O5. The van der Waals surface area contributed by atoms with Crippen molar-refractivity contribution in [2.24, 2.45) is 0 Å². The average Bonchev–Trinajstić information content (AvgIpc) is 2.60. The number of rotatable bonds is 4. The van der Waals surface area contributed by atoms with Gasteiger partial charge in [-0.2, -0.15) is 0 Å². The van der Waals surface area contributed by atoms with Gasteiger partial charge in [0.1, 0.15) is 0 Å². The van der Waals surface area contributed by atoms with Gasteiger partial charge in [-0.3, -0.25) is 14.4 Å². The Labute approximate surface area is 108 Å². The second kappa shape index (κ2) is 5.07. The fourth-order valence-corrected chi connectivity index (χ4v) is 1.72. The summed E-state index contributed by atoms with van der Waals surface area (Å²) in [6, 6.07) is 5.85. The van der Waals surface area contributed by atoms with Crippen LogP contribution in [0.15, 0.2) is 24.3 Å². The molecule has 1 heterocycles. The van der Waals surface area contributed by atoms with Gasteiger partial charge in [-0.1, -0.05) is 12.1 Å². The standard InChI is InChI=1S/C12H12N2O5/c1-7(13-12(17)18)6-19-14-10(15)8-4-2-3-5-9(8)11(14)16/h2-5,7,13H,6H2,1H3,(H,17,18)/t7-/m1/s1. The summed E-state index contributed by atoms with van der Waals surface area (Å²) in [5.74, 6) is -1.08. The first kappa shape index (κ1) is 13.0. The van der Waals surface area contributed by atoms with Crippen LogP contribution in [-0.4, -0.2) is 40.7 Å². The summed E-state index contributed by atoms with van der Waals surface area (Å²) in [7, 11) is 0. The molecule has 1 atom stereocenters. The minimum Gasteiger partial charge on any atom is -0.465 e. The second-order valence-corrected chi connectivity index (χ2v) is 4.10. The molecule has 0 saturated carbocycles. The first-order chi connectivity index (χ1) is 9.00. The van der Waals surface area contributed by atoms with E-state index >= 15 is 0 Å². The van der Waals surface area contributed by atoms with E-state index in [1.54, 1.807) is 19.1 Å². The van der Waals surface area contributed by atoms with E-state index in [-0.39, 0.29) is 17.7 Å². The van der Waals surface area contributed by atoms with Gasteiger partial charge in [-0.15, -0.1) is 5.06 Å². The van der Waals surface area contributed by atoms with Crippen molar-refractivity contribution >= 4 is 17.9 Å². The van der Waals surface area contributed by atoms with E-state index < -0.39 is 23.9 Å². The fraction of sp³-hybridized carbons (Fsp3) is 0.250. The molecule has 7 heteroatoms. The summed E-state index contributed by atoms with van der Waals surface area (Å²) in [6.07, 6.45) is -1.20. The van der Waals surface area contributed by atoms with Crippen LogP contribution in [-0.2, 0) is 4.84 Å². The molecule has 19 heavy (non-hydrogen) atoms. The van der Waals surface area contributed by atoms with Crippen LogP contribution < -0.4 is 5.32 Å². The lowest BCUT2D eigenvalue weighted by molar-refractivity contribution is -0.0958. The summed E-state index contributed by atoms with van der Waals surface area (Å²) < 4.78 is 0. The highest BCUT2D eigenvalue weighted by Gasteiger charge is 2.36. The number of fused-ring (bicyclic) bond motifs is 1. The van der Waals surface area contributed by atoms with E-state index in [1.165, 1.54) is 12.1 Å². The van der Waals surface area contributed by atoms with Crippen LogP contribution in [0.4, 0.5) is 4.79 Å². The quantitative estimate of drug-likeness (QED) is 0.787. The van der Waals surface area contributed by atoms with Crippen molar-refractivity contribution in [2.45, 2.75) is 13.0 Å². The maximum Gasteiger partial charge on any atom is 0.404 e. The van der Waals surface area contributed by atoms with Gasteiger partial charge in [0.25, 0.3) is 11.8 Å². The number of carbonyl (C=O) groups excluding carboxylic acids is 2. The first-order valence-corrected chi connectivity index (χ1v) is 5.61. The lowest BCUT2D eigenvalue weighted by atomic mass is 10.1. The average molecular weight is 264 g/mol. The molecule has 0 fully saturated rings. The molecular weight excluding hydrogens is 252 g/mol. The Balaban J connectivity index is 2.02. The lowest BCUT2D eigenvalue weighted by Gasteiger charge is -2.16. The number of imide groups is 1. The fourth-order valence-electron chi connectivity index (χ4n) is 1.72. The van der Waals surface area contributed by atoms with Crippen molar-refractivity contribution in [3.8, 4) is 0 Å². The molecule has 3 amide bonds. The van der Waals surface area contributed by atoms with Gasteiger partial charge in [0, 0.05) is 0 Å². The summed E-state index contributed by atoms with van der Waals surface area (Å²) in [6.45, 7) is 1.45. The highest BCUT2D eigenvalue weighted by molar-refractivity contribution is 6.20. The maximum absolute atomic E-state index is 11.9. The molecule has 0 unspecified atom stereocenters. The molecule has 1 aliphatic rings. The number of hydroxylamine groups is 2. The molecule has 100 valence electrons. The van der Waals surface area contributed by atoms with E-state index in [4.69, 9.17) is 9.94 Å². The van der Waals surface area contributed by atoms with Gasteiger partial charge < -0.3 is 10.4 Å². The Morgan fingerprint density at radius 2 is 1.84 bits per heavy atom. The zero-order valence-corrected chi connectivity index (χ0v) is 10.1. The molecule has 0 spiro atoms. The minimum atomic E-state index is -1.20. The first-order valence-electron chi connectivity index (χ1n) is 5.61. The minimum absolute atomic E-state index is 0.113. The summed E-state index contributed by atoms with van der Waals surface area (Å²) >= 11 is 0. The predicted octanol–water partition coefficient (Wildman–Crippen LogP) is 0.870. The van der Waals surface area contributed by atoms with Crippen molar-refractivity contribution in [1.29, 1.82) is 0 Å². The molecule has 0 saturated heterocycles. The number of hydrogen-bond donors (Lipinski definition) is 2. The molecule has 2 N–H and O–H groups in total. The monoisotopic (exact) mass is 264 g/mol. The third kappa shape index (κ3) is 2.55. The van der Waals surface area contributed by atoms with Gasteiger partial charge in [0.05, 0.1) is 23.8 Å². The number of carboxylic acid groups (broad SMARTS) is 1. The van der Waals surface area contributed by atoms with E-state index in [9.17, 15) is 14.4 Å². The molecule has 1 aliphatic heterocycles. The summed E-state index contributed by atoms with van der Waals surface area (Å²) in [5.41, 5.74) is 0.567. The van der Waals surface area contributed by atoms with Gasteiger partial charge in [-0.25, -0.2) is 4.79 Å². The van der Waals surface area contributed by atoms with Crippen LogP contribution in [0.3, 0.4) is 0 Å². The Hall–Kier alpha value is -2.41. The highest BCUT2D eigenvalue weighted by Crippen LogP contribution is 2.22. The number of hydrogen-bond acceptors (Lipinski definition) is 4. The van der Waals surface area contributed by atoms with Gasteiger partial charge in [0.15, 0.2) is 0 Å². The third-order valence-corrected chi connectivity index (χ3v) is 2.58. The number of amides is 3. The summed E-state index contributed by atoms with van der Waals surface area (Å²) in [5, 5.41) is 11.3. The largest absolute Gasteiger partial charge is 0.465 e. The van der Waals surface area contributed by atoms with Crippen molar-refractivity contribution in [3.63, 3.8) is 0 Å². The van der Waals surface area contributed by atoms with Gasteiger partial charge in [0.2, 0.25) is 0 Å². The second-order valence-electron chi connectivity index (χ2n) is 4.10. The molecule has 1 aromatic carbocycles. The van der Waals surface area contributed by atoms with Crippen molar-refractivity contribution in [2.75, 3.05) is 6.61 Å². The summed E-state index contributed by atoms with van der Waals surface area (Å²) in [4.78, 5) is 39.3. The van der Waals surface area contributed by atoms with Crippen LogP contribution in [0.5, 0.6) is 0 Å². The number of benzene rings is 1. The smallest absolute Gasteiger partial charge is 0.404 e. The van der Waals surface area contributed by atoms with E-state index in [0.29, 0.717) is 5.06 Å². The van der Waals surface area contributed by atoms with Crippen LogP contribution >= 0.6 is 0 Å². The van der Waals surface area contributed by atoms with Crippen LogP contribution in [0.25, 0.3) is 0 Å². The molecule has 0 bridgehead atoms. The molecule has 0 aliphatic carbocycles. The van der Waals surface area contributed by atoms with Gasteiger partial charge >= 0.3 is 6.09 Å². The topological polar surface area (TPSA) is 95.9 Å². The van der Waals surface area contributed by atoms with Crippen LogP contribution in [0, 0.1) is 0 Å². The Bertz CT molecular complexity index is 508. The van der Waals surface area contributed by atoms with Crippen molar-refractivity contribution < 1.29 is 24.3 Å². The number of nitrogens with zero attached hydrogens (tertiary/aromatic N) is 1. The van der Waals surface area contributed by atoms with E-state index in [0.717, 1.165) is 0 Å². The lowest BCUT2D eigenvalue weighted by Crippen LogP contribution is -2.39. The molecule has 0 aromatic heterocycles. The zero-order valence-electron chi connectivity index (χ0n) is 10.1. The van der Waals surface area contributed by atoms with Gasteiger partial charge in [-0.05, 0) is 19.1 Å². The normalized spacial score (nSPS) is 15.3. The number of nitrogens with one attached hydrogen (secondary N) is 1. The number of carbonyl (C=O) groups is 3. The Kier molecular flexibility index (Phi) is 3.48. The van der Waals surface area contributed by atoms with Crippen molar-refractivity contribution in [3.05, 3.63) is 35.4 Å². The SMILES string of the molecule is C[C@H](CON1C(=O)c2ccccc2C1=O)NC(=O)O. The zero-order chi connectivity index (χ0) is 14.0. The highest BCUT2D eigenvalue weighted by atomic mass is 16.7. The van der Waals surface area contributed by atoms with Crippen LogP contribution in [0.1, 0.15) is 27.6 Å². The van der Waals surface area contributed by atoms with Crippen LogP contribution in [0.2, 0.25) is 0 Å². The third-order valence-electron chi connectivity index (χ3n) is 2.58. The Morgan fingerprint density at radius 1 is 1.32 bits per heavy atom. The maximum atomic E-state index is 11.9. The predicted molar refractivity (Wildman–Crippen MR) is 63.5 cm³/mol. The molecule has 7 nitrogen and oxygen atoms in total.